The van der Waals surface area contributed by atoms with Gasteiger partial charge in [0.05, 0.1) is 10.7 Å². The lowest BCUT2D eigenvalue weighted by atomic mass is 9.88. The van der Waals surface area contributed by atoms with Crippen LogP contribution in [0.2, 0.25) is 5.02 Å². The van der Waals surface area contributed by atoms with Crippen LogP contribution in [0, 0.1) is 5.82 Å². The minimum Gasteiger partial charge on any atom is -0.380 e. The lowest BCUT2D eigenvalue weighted by Crippen LogP contribution is -2.27. The molecule has 1 N–H and O–H groups in total. The van der Waals surface area contributed by atoms with E-state index in [1.54, 1.807) is 0 Å². The van der Waals surface area contributed by atoms with Crippen LogP contribution in [0.4, 0.5) is 10.1 Å². The SMILES string of the molecule is Fc1cc(Cl)c(NC2CCc3cc(Br)ccc3C2)c(Br)c1. The van der Waals surface area contributed by atoms with E-state index in [4.69, 9.17) is 11.6 Å². The van der Waals surface area contributed by atoms with Gasteiger partial charge in [0, 0.05) is 15.0 Å². The van der Waals surface area contributed by atoms with Gasteiger partial charge in [0.1, 0.15) is 5.82 Å². The third-order valence-corrected chi connectivity index (χ3v) is 5.17. The molecule has 1 unspecified atom stereocenters. The molecule has 0 saturated carbocycles. The maximum absolute atomic E-state index is 13.3. The molecule has 0 saturated heterocycles. The first-order chi connectivity index (χ1) is 10.0. The van der Waals surface area contributed by atoms with Gasteiger partial charge >= 0.3 is 0 Å². The second-order valence-electron chi connectivity index (χ2n) is 5.24. The molecule has 0 fully saturated rings. The van der Waals surface area contributed by atoms with Gasteiger partial charge in [0.25, 0.3) is 0 Å². The molecular formula is C16H13Br2ClFN. The van der Waals surface area contributed by atoms with Gasteiger partial charge in [-0.15, -0.1) is 0 Å². The molecule has 1 atom stereocenters. The summed E-state index contributed by atoms with van der Waals surface area (Å²) >= 11 is 13.0. The molecule has 110 valence electrons. The molecule has 0 spiro atoms. The molecule has 1 aliphatic carbocycles. The zero-order valence-electron chi connectivity index (χ0n) is 11.1. The second-order valence-corrected chi connectivity index (χ2v) is 7.42. The number of halogens is 4. The molecule has 0 aliphatic heterocycles. The summed E-state index contributed by atoms with van der Waals surface area (Å²) in [4.78, 5) is 0. The molecule has 2 aromatic carbocycles. The summed E-state index contributed by atoms with van der Waals surface area (Å²) in [7, 11) is 0. The van der Waals surface area contributed by atoms with E-state index in [1.807, 2.05) is 0 Å². The molecule has 0 radical (unpaired) electrons. The largest absolute Gasteiger partial charge is 0.380 e. The first kappa shape index (κ1) is 15.3. The number of hydrogen-bond donors (Lipinski definition) is 1. The number of anilines is 1. The quantitative estimate of drug-likeness (QED) is 0.615. The van der Waals surface area contributed by atoms with Crippen molar-refractivity contribution in [3.8, 4) is 0 Å². The van der Waals surface area contributed by atoms with Crippen molar-refractivity contribution >= 4 is 49.1 Å². The van der Waals surface area contributed by atoms with E-state index < -0.39 is 0 Å². The molecule has 1 nitrogen and oxygen atoms in total. The van der Waals surface area contributed by atoms with Crippen LogP contribution < -0.4 is 5.32 Å². The van der Waals surface area contributed by atoms with Gasteiger partial charge in [-0.2, -0.15) is 0 Å². The fourth-order valence-corrected chi connectivity index (χ4v) is 4.06. The number of nitrogens with one attached hydrogen (secondary N) is 1. The van der Waals surface area contributed by atoms with Gasteiger partial charge in [0.2, 0.25) is 0 Å². The van der Waals surface area contributed by atoms with Crippen LogP contribution in [0.1, 0.15) is 17.5 Å². The standard InChI is InChI=1S/C16H13Br2ClFN/c17-11-3-1-10-6-13(4-2-9(10)5-11)21-16-14(18)7-12(20)8-15(16)19/h1,3,5,7-8,13,21H,2,4,6H2. The van der Waals surface area contributed by atoms with Crippen LogP contribution in [0.15, 0.2) is 39.3 Å². The Morgan fingerprint density at radius 2 is 1.95 bits per heavy atom. The van der Waals surface area contributed by atoms with Crippen molar-refractivity contribution in [2.45, 2.75) is 25.3 Å². The summed E-state index contributed by atoms with van der Waals surface area (Å²) in [5, 5.41) is 3.85. The van der Waals surface area contributed by atoms with Gasteiger partial charge in [0.15, 0.2) is 0 Å². The number of fused-ring (bicyclic) bond motifs is 1. The average molecular weight is 434 g/mol. The van der Waals surface area contributed by atoms with E-state index in [2.05, 4.69) is 55.4 Å². The van der Waals surface area contributed by atoms with E-state index in [9.17, 15) is 4.39 Å². The normalized spacial score (nSPS) is 17.4. The highest BCUT2D eigenvalue weighted by Gasteiger charge is 2.20. The van der Waals surface area contributed by atoms with Crippen molar-refractivity contribution in [2.75, 3.05) is 5.32 Å². The van der Waals surface area contributed by atoms with Crippen molar-refractivity contribution < 1.29 is 4.39 Å². The highest BCUT2D eigenvalue weighted by atomic mass is 79.9. The summed E-state index contributed by atoms with van der Waals surface area (Å²) in [6.45, 7) is 0. The molecule has 0 aromatic heterocycles. The van der Waals surface area contributed by atoms with Gasteiger partial charge < -0.3 is 5.32 Å². The third kappa shape index (κ3) is 3.43. The monoisotopic (exact) mass is 431 g/mol. The second kappa shape index (κ2) is 6.27. The Bertz CT molecular complexity index is 667. The molecule has 21 heavy (non-hydrogen) atoms. The predicted octanol–water partition coefficient (Wildman–Crippen LogP) is 5.97. The minimum atomic E-state index is -0.337. The number of benzene rings is 2. The fourth-order valence-electron chi connectivity index (χ4n) is 2.73. The van der Waals surface area contributed by atoms with Gasteiger partial charge in [-0.3, -0.25) is 0 Å². The van der Waals surface area contributed by atoms with E-state index in [0.717, 1.165) is 29.4 Å². The third-order valence-electron chi connectivity index (χ3n) is 3.75. The van der Waals surface area contributed by atoms with E-state index in [-0.39, 0.29) is 5.82 Å². The van der Waals surface area contributed by atoms with Gasteiger partial charge in [-0.1, -0.05) is 33.6 Å². The molecule has 0 amide bonds. The maximum atomic E-state index is 13.3. The fraction of sp³-hybridized carbons (Fsp3) is 0.250. The van der Waals surface area contributed by atoms with Crippen LogP contribution in [-0.4, -0.2) is 6.04 Å². The molecule has 5 heteroatoms. The van der Waals surface area contributed by atoms with Crippen LogP contribution >= 0.6 is 43.5 Å². The Morgan fingerprint density at radius 1 is 1.14 bits per heavy atom. The van der Waals surface area contributed by atoms with Crippen LogP contribution in [0.25, 0.3) is 0 Å². The van der Waals surface area contributed by atoms with Crippen LogP contribution in [0.3, 0.4) is 0 Å². The average Bonchev–Trinajstić information content (AvgIpc) is 2.43. The molecule has 0 bridgehead atoms. The number of hydrogen-bond acceptors (Lipinski definition) is 1. The van der Waals surface area contributed by atoms with Crippen molar-refractivity contribution in [1.29, 1.82) is 0 Å². The zero-order valence-corrected chi connectivity index (χ0v) is 15.0. The van der Waals surface area contributed by atoms with Crippen molar-refractivity contribution in [3.63, 3.8) is 0 Å². The summed E-state index contributed by atoms with van der Waals surface area (Å²) < 4.78 is 15.1. The molecule has 0 heterocycles. The Balaban J connectivity index is 1.80. The Kier molecular flexibility index (Phi) is 4.57. The van der Waals surface area contributed by atoms with E-state index >= 15 is 0 Å². The first-order valence-corrected chi connectivity index (χ1v) is 8.67. The highest BCUT2D eigenvalue weighted by molar-refractivity contribution is 9.10. The smallest absolute Gasteiger partial charge is 0.125 e. The van der Waals surface area contributed by atoms with Crippen molar-refractivity contribution in [3.05, 3.63) is 61.2 Å². The Hall–Kier alpha value is -0.580. The van der Waals surface area contributed by atoms with Gasteiger partial charge in [-0.05, 0) is 70.6 Å². The summed E-state index contributed by atoms with van der Waals surface area (Å²) in [6.07, 6.45) is 3.01. The van der Waals surface area contributed by atoms with Crippen molar-refractivity contribution in [2.24, 2.45) is 0 Å². The predicted molar refractivity (Wildman–Crippen MR) is 92.7 cm³/mol. The van der Waals surface area contributed by atoms with E-state index in [1.165, 1.54) is 23.3 Å². The first-order valence-electron chi connectivity index (χ1n) is 6.71. The lowest BCUT2D eigenvalue weighted by molar-refractivity contribution is 0.608. The summed E-state index contributed by atoms with van der Waals surface area (Å²) in [5.74, 6) is -0.337. The zero-order chi connectivity index (χ0) is 15.0. The van der Waals surface area contributed by atoms with E-state index in [0.29, 0.717) is 15.5 Å². The van der Waals surface area contributed by atoms with Gasteiger partial charge in [-0.25, -0.2) is 4.39 Å². The minimum absolute atomic E-state index is 0.304. The highest BCUT2D eigenvalue weighted by Crippen LogP contribution is 2.34. The van der Waals surface area contributed by atoms with Crippen molar-refractivity contribution in [1.82, 2.24) is 0 Å². The topological polar surface area (TPSA) is 12.0 Å². The van der Waals surface area contributed by atoms with Crippen LogP contribution in [-0.2, 0) is 12.8 Å². The number of rotatable bonds is 2. The molecular weight excluding hydrogens is 420 g/mol. The Morgan fingerprint density at radius 3 is 2.71 bits per heavy atom. The molecule has 2 aromatic rings. The summed E-state index contributed by atoms with van der Waals surface area (Å²) in [5.41, 5.74) is 3.52. The lowest BCUT2D eigenvalue weighted by Gasteiger charge is -2.27. The number of aryl methyl sites for hydroxylation is 1. The molecule has 3 rings (SSSR count). The Labute approximate surface area is 145 Å². The maximum Gasteiger partial charge on any atom is 0.125 e. The summed E-state index contributed by atoms with van der Waals surface area (Å²) in [6, 6.07) is 9.49. The van der Waals surface area contributed by atoms with Crippen LogP contribution in [0.5, 0.6) is 0 Å². The molecule has 1 aliphatic rings.